The van der Waals surface area contributed by atoms with Gasteiger partial charge in [-0.1, -0.05) is 45.9 Å². The first kappa shape index (κ1) is 20.9. The second-order valence-corrected chi connectivity index (χ2v) is 7.65. The first-order chi connectivity index (χ1) is 14.0. The molecule has 0 atom stereocenters. The van der Waals surface area contributed by atoms with Gasteiger partial charge in [0, 0.05) is 22.6 Å². The molecule has 10 heteroatoms. The molecule has 29 heavy (non-hydrogen) atoms. The monoisotopic (exact) mass is 475 g/mol. The van der Waals surface area contributed by atoms with Crippen LogP contribution < -0.4 is 10.2 Å². The number of aromatic hydroxyl groups is 1. The molecule has 0 saturated heterocycles. The first-order valence-electron chi connectivity index (χ1n) is 8.45. The Morgan fingerprint density at radius 2 is 2.14 bits per heavy atom. The van der Waals surface area contributed by atoms with Crippen molar-refractivity contribution >= 4 is 39.8 Å². The van der Waals surface area contributed by atoms with Gasteiger partial charge in [0.15, 0.2) is 11.0 Å². The largest absolute Gasteiger partial charge is 0.507 e. The standard InChI is InChI=1S/C19H18BrN5O3S/c1-25-18(14-5-3-4-6-15(14)20)23-24-19(25)29-11-17(27)22-21-10-12-9-13(28-2)7-8-16(12)26/h3-10,26H,11H2,1-2H3,(H,22,27). The lowest BCUT2D eigenvalue weighted by Gasteiger charge is -2.05. The summed E-state index contributed by atoms with van der Waals surface area (Å²) in [6.45, 7) is 0. The summed E-state index contributed by atoms with van der Waals surface area (Å²) in [5.41, 5.74) is 3.78. The zero-order valence-electron chi connectivity index (χ0n) is 15.7. The number of halogens is 1. The van der Waals surface area contributed by atoms with E-state index < -0.39 is 0 Å². The maximum absolute atomic E-state index is 12.1. The van der Waals surface area contributed by atoms with Crippen LogP contribution in [0.2, 0.25) is 0 Å². The highest BCUT2D eigenvalue weighted by molar-refractivity contribution is 9.10. The highest BCUT2D eigenvalue weighted by atomic mass is 79.9. The fourth-order valence-corrected chi connectivity index (χ4v) is 3.58. The predicted molar refractivity (Wildman–Crippen MR) is 115 cm³/mol. The molecular formula is C19H18BrN5O3S. The Kier molecular flexibility index (Phi) is 6.89. The molecule has 2 aromatic carbocycles. The number of nitrogens with one attached hydrogen (secondary N) is 1. The van der Waals surface area contributed by atoms with E-state index in [4.69, 9.17) is 4.74 Å². The van der Waals surface area contributed by atoms with Crippen LogP contribution in [0, 0.1) is 0 Å². The third-order valence-electron chi connectivity index (χ3n) is 3.91. The van der Waals surface area contributed by atoms with Gasteiger partial charge in [0.25, 0.3) is 5.91 Å². The number of methoxy groups -OCH3 is 1. The predicted octanol–water partition coefficient (Wildman–Crippen LogP) is 3.20. The smallest absolute Gasteiger partial charge is 0.250 e. The molecule has 1 aromatic heterocycles. The number of carbonyl (C=O) groups excluding carboxylic acids is 1. The highest BCUT2D eigenvalue weighted by Crippen LogP contribution is 2.28. The Morgan fingerprint density at radius 3 is 2.90 bits per heavy atom. The van der Waals surface area contributed by atoms with E-state index in [1.807, 2.05) is 35.9 Å². The molecular weight excluding hydrogens is 458 g/mol. The lowest BCUT2D eigenvalue weighted by molar-refractivity contribution is -0.118. The Hall–Kier alpha value is -2.85. The molecule has 0 saturated carbocycles. The van der Waals surface area contributed by atoms with E-state index in [0.29, 0.717) is 22.3 Å². The fraction of sp³-hybridized carbons (Fsp3) is 0.158. The van der Waals surface area contributed by atoms with E-state index in [1.54, 1.807) is 12.1 Å². The van der Waals surface area contributed by atoms with E-state index in [9.17, 15) is 9.90 Å². The van der Waals surface area contributed by atoms with Gasteiger partial charge in [-0.05, 0) is 24.3 Å². The third-order valence-corrected chi connectivity index (χ3v) is 5.62. The van der Waals surface area contributed by atoms with Gasteiger partial charge in [-0.2, -0.15) is 5.10 Å². The van der Waals surface area contributed by atoms with Crippen molar-refractivity contribution in [3.63, 3.8) is 0 Å². The summed E-state index contributed by atoms with van der Waals surface area (Å²) in [6.07, 6.45) is 1.35. The Bertz CT molecular complexity index is 1050. The minimum atomic E-state index is -0.306. The third kappa shape index (κ3) is 5.15. The number of amides is 1. The van der Waals surface area contributed by atoms with E-state index >= 15 is 0 Å². The van der Waals surface area contributed by atoms with Gasteiger partial charge in [-0.15, -0.1) is 10.2 Å². The number of ether oxygens (including phenoxy) is 1. The molecule has 1 amide bonds. The van der Waals surface area contributed by atoms with Crippen molar-refractivity contribution in [3.05, 3.63) is 52.5 Å². The summed E-state index contributed by atoms with van der Waals surface area (Å²) < 4.78 is 7.84. The molecule has 0 unspecified atom stereocenters. The van der Waals surface area contributed by atoms with Gasteiger partial charge in [0.1, 0.15) is 11.5 Å². The zero-order valence-corrected chi connectivity index (χ0v) is 18.1. The van der Waals surface area contributed by atoms with Gasteiger partial charge in [0.2, 0.25) is 0 Å². The van der Waals surface area contributed by atoms with Crippen LogP contribution in [0.1, 0.15) is 5.56 Å². The van der Waals surface area contributed by atoms with Crippen LogP contribution in [0.4, 0.5) is 0 Å². The van der Waals surface area contributed by atoms with Crippen molar-refractivity contribution in [2.24, 2.45) is 12.1 Å². The average molecular weight is 476 g/mol. The normalized spacial score (nSPS) is 11.0. The number of thioether (sulfide) groups is 1. The SMILES string of the molecule is COc1ccc(O)c(C=NNC(=O)CSc2nnc(-c3ccccc3Br)n2C)c1. The molecule has 0 radical (unpaired) electrons. The number of hydrogen-bond donors (Lipinski definition) is 2. The van der Waals surface area contributed by atoms with Crippen molar-refractivity contribution < 1.29 is 14.6 Å². The molecule has 0 aliphatic carbocycles. The molecule has 8 nitrogen and oxygen atoms in total. The topological polar surface area (TPSA) is 102 Å². The van der Waals surface area contributed by atoms with Gasteiger partial charge >= 0.3 is 0 Å². The number of carbonyl (C=O) groups is 1. The van der Waals surface area contributed by atoms with Crippen molar-refractivity contribution in [2.75, 3.05) is 12.9 Å². The van der Waals surface area contributed by atoms with Crippen molar-refractivity contribution in [1.29, 1.82) is 0 Å². The lowest BCUT2D eigenvalue weighted by Crippen LogP contribution is -2.19. The highest BCUT2D eigenvalue weighted by Gasteiger charge is 2.14. The molecule has 3 rings (SSSR count). The number of hydrazone groups is 1. The Morgan fingerprint density at radius 1 is 1.34 bits per heavy atom. The van der Waals surface area contributed by atoms with Crippen molar-refractivity contribution in [1.82, 2.24) is 20.2 Å². The van der Waals surface area contributed by atoms with Crippen LogP contribution in [0.5, 0.6) is 11.5 Å². The van der Waals surface area contributed by atoms with Crippen LogP contribution in [-0.2, 0) is 11.8 Å². The molecule has 0 spiro atoms. The van der Waals surface area contributed by atoms with Crippen LogP contribution >= 0.6 is 27.7 Å². The molecule has 1 heterocycles. The number of aromatic nitrogens is 3. The first-order valence-corrected chi connectivity index (χ1v) is 10.2. The fourth-order valence-electron chi connectivity index (χ4n) is 2.42. The average Bonchev–Trinajstić information content (AvgIpc) is 3.08. The van der Waals surface area contributed by atoms with Crippen LogP contribution in [0.3, 0.4) is 0 Å². The van der Waals surface area contributed by atoms with Crippen molar-refractivity contribution in [2.45, 2.75) is 5.16 Å². The molecule has 0 aliphatic rings. The van der Waals surface area contributed by atoms with E-state index in [-0.39, 0.29) is 17.4 Å². The molecule has 0 fully saturated rings. The maximum atomic E-state index is 12.1. The Balaban J connectivity index is 1.58. The van der Waals surface area contributed by atoms with E-state index in [0.717, 1.165) is 10.0 Å². The summed E-state index contributed by atoms with van der Waals surface area (Å²) in [4.78, 5) is 12.1. The van der Waals surface area contributed by atoms with Crippen LogP contribution in [0.25, 0.3) is 11.4 Å². The molecule has 2 N–H and O–H groups in total. The van der Waals surface area contributed by atoms with Gasteiger partial charge in [0.05, 0.1) is 19.1 Å². The second kappa shape index (κ2) is 9.57. The molecule has 3 aromatic rings. The van der Waals surface area contributed by atoms with Gasteiger partial charge < -0.3 is 14.4 Å². The minimum Gasteiger partial charge on any atom is -0.507 e. The number of phenolic OH excluding ortho intramolecular Hbond substituents is 1. The minimum absolute atomic E-state index is 0.0388. The maximum Gasteiger partial charge on any atom is 0.250 e. The number of phenols is 1. The van der Waals surface area contributed by atoms with Gasteiger partial charge in [-0.3, -0.25) is 4.79 Å². The number of rotatable bonds is 7. The van der Waals surface area contributed by atoms with Gasteiger partial charge in [-0.25, -0.2) is 5.43 Å². The molecule has 0 aliphatic heterocycles. The van der Waals surface area contributed by atoms with E-state index in [1.165, 1.54) is 31.2 Å². The second-order valence-electron chi connectivity index (χ2n) is 5.85. The summed E-state index contributed by atoms with van der Waals surface area (Å²) >= 11 is 4.76. The van der Waals surface area contributed by atoms with Crippen LogP contribution in [0.15, 0.2) is 57.2 Å². The lowest BCUT2D eigenvalue weighted by atomic mass is 10.2. The number of benzene rings is 2. The molecule has 150 valence electrons. The number of hydrogen-bond acceptors (Lipinski definition) is 7. The summed E-state index contributed by atoms with van der Waals surface area (Å²) in [5, 5.41) is 22.7. The van der Waals surface area contributed by atoms with E-state index in [2.05, 4.69) is 36.7 Å². The summed E-state index contributed by atoms with van der Waals surface area (Å²) in [7, 11) is 3.37. The van der Waals surface area contributed by atoms with Crippen LogP contribution in [-0.4, -0.2) is 44.9 Å². The summed E-state index contributed by atoms with van der Waals surface area (Å²) in [6, 6.07) is 12.5. The van der Waals surface area contributed by atoms with Crippen molar-refractivity contribution in [3.8, 4) is 22.9 Å². The summed E-state index contributed by atoms with van der Waals surface area (Å²) in [5.74, 6) is 1.13. The molecule has 0 bridgehead atoms. The Labute approximate surface area is 180 Å². The quantitative estimate of drug-likeness (QED) is 0.309. The zero-order chi connectivity index (χ0) is 20.8. The number of nitrogens with zero attached hydrogens (tertiary/aromatic N) is 4.